The third-order valence-corrected chi connectivity index (χ3v) is 8.70. The Kier molecular flexibility index (Phi) is 20.9. The van der Waals surface area contributed by atoms with Gasteiger partial charge in [-0.25, -0.2) is 4.57 Å². The molecule has 1 atom stereocenters. The number of ether oxygens (including phenoxy) is 6. The summed E-state index contributed by atoms with van der Waals surface area (Å²) < 4.78 is 50.6. The molecule has 0 bridgehead atoms. The number of rotatable bonds is 22. The van der Waals surface area contributed by atoms with Crippen molar-refractivity contribution in [1.82, 2.24) is 14.7 Å². The van der Waals surface area contributed by atoms with E-state index >= 15 is 0 Å². The van der Waals surface area contributed by atoms with Crippen molar-refractivity contribution in [2.24, 2.45) is 0 Å². The normalized spacial score (nSPS) is 13.3. The zero-order valence-corrected chi connectivity index (χ0v) is 42.4. The van der Waals surface area contributed by atoms with E-state index in [-0.39, 0.29) is 64.7 Å². The highest BCUT2D eigenvalue weighted by atomic mass is 31.2. The maximum Gasteiger partial charge on any atom is 0.524 e. The summed E-state index contributed by atoms with van der Waals surface area (Å²) in [5.74, 6) is -2.56. The van der Waals surface area contributed by atoms with E-state index in [4.69, 9.17) is 38.2 Å². The van der Waals surface area contributed by atoms with Gasteiger partial charge in [-0.2, -0.15) is 0 Å². The molecule has 0 aromatic heterocycles. The predicted molar refractivity (Wildman–Crippen MR) is 248 cm³/mol. The van der Waals surface area contributed by atoms with Gasteiger partial charge in [0.05, 0.1) is 38.8 Å². The van der Waals surface area contributed by atoms with Gasteiger partial charge in [-0.05, 0) is 139 Å². The minimum atomic E-state index is -4.73. The molecule has 2 aromatic rings. The van der Waals surface area contributed by atoms with E-state index in [1.807, 2.05) is 0 Å². The zero-order chi connectivity index (χ0) is 50.5. The Balaban J connectivity index is 2.63. The van der Waals surface area contributed by atoms with Crippen molar-refractivity contribution < 1.29 is 71.3 Å². The van der Waals surface area contributed by atoms with Crippen LogP contribution in [0.25, 0.3) is 11.1 Å². The third-order valence-electron chi connectivity index (χ3n) is 8.25. The molecule has 2 N–H and O–H groups in total. The van der Waals surface area contributed by atoms with Crippen LogP contribution < -0.4 is 9.26 Å². The molecule has 19 heteroatoms. The first-order chi connectivity index (χ1) is 29.9. The van der Waals surface area contributed by atoms with E-state index < -0.39 is 71.7 Å². The Labute approximate surface area is 390 Å². The van der Waals surface area contributed by atoms with Crippen LogP contribution in [-0.2, 0) is 52.2 Å². The number of hydrogen-bond donors (Lipinski definition) is 2. The van der Waals surface area contributed by atoms with E-state index in [1.165, 1.54) is 12.1 Å². The quantitative estimate of drug-likeness (QED) is 0.0764. The first-order valence-electron chi connectivity index (χ1n) is 21.8. The number of benzene rings is 2. The zero-order valence-electron chi connectivity index (χ0n) is 41.6. The van der Waals surface area contributed by atoms with Crippen LogP contribution in [0.3, 0.4) is 0 Å². The summed E-state index contributed by atoms with van der Waals surface area (Å²) in [6.07, 6.45) is 0. The molecule has 0 saturated carbocycles. The van der Waals surface area contributed by atoms with Crippen LogP contribution in [0.5, 0.6) is 11.5 Å². The maximum atomic E-state index is 13.6. The smallest absolute Gasteiger partial charge is 0.492 e. The van der Waals surface area contributed by atoms with Crippen LogP contribution in [0.1, 0.15) is 104 Å². The van der Waals surface area contributed by atoms with Crippen LogP contribution in [0.15, 0.2) is 48.5 Å². The molecular weight excluding hydrogens is 877 g/mol. The van der Waals surface area contributed by atoms with Crippen molar-refractivity contribution in [3.63, 3.8) is 0 Å². The molecular formula is C47H74N3O15P. The molecule has 2 rings (SSSR count). The molecule has 0 aliphatic rings. The van der Waals surface area contributed by atoms with Crippen molar-refractivity contribution in [1.29, 1.82) is 0 Å². The van der Waals surface area contributed by atoms with E-state index in [1.54, 1.807) is 155 Å². The number of phosphoric ester groups is 1. The molecule has 372 valence electrons. The van der Waals surface area contributed by atoms with E-state index in [0.717, 1.165) is 11.1 Å². The average Bonchev–Trinajstić information content (AvgIpc) is 3.07. The lowest BCUT2D eigenvalue weighted by atomic mass is 10.1. The number of phosphoric acid groups is 1. The van der Waals surface area contributed by atoms with E-state index in [9.17, 15) is 28.5 Å². The summed E-state index contributed by atoms with van der Waals surface area (Å²) in [6.45, 7) is 24.4. The Morgan fingerprint density at radius 2 is 0.788 bits per heavy atom. The highest BCUT2D eigenvalue weighted by molar-refractivity contribution is 7.46. The van der Waals surface area contributed by atoms with Crippen LogP contribution >= 0.6 is 7.82 Å². The van der Waals surface area contributed by atoms with Crippen molar-refractivity contribution in [3.05, 3.63) is 48.5 Å². The van der Waals surface area contributed by atoms with Crippen LogP contribution in [-0.4, -0.2) is 147 Å². The molecule has 0 unspecified atom stereocenters. The standard InChI is InChI=1S/C47H74N3O15P/c1-43(2,3)60-38(51)27-48(24-25-49(28-39(52)61-44(4,5)6)29-40(53)62-45(7,8)9)26-35(50(30-41(54)63-46(10,11)12)31-42(55)64-47(13,14)15)32-59-36-20-16-33(17-21-36)34-18-22-37(23-19-34)65-66(56,57)58/h16-23,35H,24-32H2,1-15H3,(H2,56,57,58)/t35-/m1/s1. The molecule has 0 amide bonds. The lowest BCUT2D eigenvalue weighted by molar-refractivity contribution is -0.163. The monoisotopic (exact) mass is 951 g/mol. The molecule has 66 heavy (non-hydrogen) atoms. The average molecular weight is 952 g/mol. The fourth-order valence-electron chi connectivity index (χ4n) is 6.15. The van der Waals surface area contributed by atoms with Gasteiger partial charge in [0, 0.05) is 19.6 Å². The van der Waals surface area contributed by atoms with E-state index in [2.05, 4.69) is 4.52 Å². The molecule has 0 saturated heterocycles. The molecule has 0 radical (unpaired) electrons. The van der Waals surface area contributed by atoms with Crippen molar-refractivity contribution in [3.8, 4) is 22.6 Å². The Morgan fingerprint density at radius 1 is 0.485 bits per heavy atom. The fourth-order valence-corrected chi connectivity index (χ4v) is 6.54. The summed E-state index contributed by atoms with van der Waals surface area (Å²) in [5.41, 5.74) is -2.67. The third kappa shape index (κ3) is 26.5. The minimum absolute atomic E-state index is 0.0000940. The number of esters is 5. The Hall–Kier alpha value is -4.58. The van der Waals surface area contributed by atoms with Gasteiger partial charge in [0.2, 0.25) is 0 Å². The molecule has 18 nitrogen and oxygen atoms in total. The Bertz CT molecular complexity index is 1890. The predicted octanol–water partition coefficient (Wildman–Crippen LogP) is 6.19. The van der Waals surface area contributed by atoms with E-state index in [0.29, 0.717) is 5.75 Å². The van der Waals surface area contributed by atoms with Crippen LogP contribution in [0, 0.1) is 0 Å². The number of carbonyl (C=O) groups is 5. The summed E-state index contributed by atoms with van der Waals surface area (Å²) in [5, 5.41) is 0. The SMILES string of the molecule is CC(C)(C)OC(=O)CN(CCN(CC(=O)OC(C)(C)C)C[C@H](COc1ccc(-c2ccc(OP(=O)(O)O)cc2)cc1)N(CC(=O)OC(C)(C)C)CC(=O)OC(C)(C)C)CC(=O)OC(C)(C)C. The summed E-state index contributed by atoms with van der Waals surface area (Å²) >= 11 is 0. The lowest BCUT2D eigenvalue weighted by Gasteiger charge is -2.36. The van der Waals surface area contributed by atoms with Gasteiger partial charge in [-0.15, -0.1) is 0 Å². The summed E-state index contributed by atoms with van der Waals surface area (Å²) in [6, 6.07) is 12.3. The first-order valence-corrected chi connectivity index (χ1v) is 23.3. The first kappa shape index (κ1) is 57.5. The van der Waals surface area contributed by atoms with Crippen molar-refractivity contribution in [2.75, 3.05) is 59.0 Å². The highest BCUT2D eigenvalue weighted by Gasteiger charge is 2.32. The maximum absolute atomic E-state index is 13.6. The second-order valence-electron chi connectivity index (χ2n) is 20.9. The van der Waals surface area contributed by atoms with Gasteiger partial charge in [-0.1, -0.05) is 24.3 Å². The minimum Gasteiger partial charge on any atom is -0.492 e. The molecule has 2 aromatic carbocycles. The number of hydrogen-bond acceptors (Lipinski definition) is 16. The van der Waals surface area contributed by atoms with Gasteiger partial charge >= 0.3 is 37.7 Å². The van der Waals surface area contributed by atoms with Gasteiger partial charge in [0.1, 0.15) is 46.1 Å². The van der Waals surface area contributed by atoms with Crippen LogP contribution in [0.2, 0.25) is 0 Å². The van der Waals surface area contributed by atoms with Gasteiger partial charge in [-0.3, -0.25) is 48.5 Å². The van der Waals surface area contributed by atoms with Gasteiger partial charge in [0.25, 0.3) is 0 Å². The second kappa shape index (κ2) is 23.9. The van der Waals surface area contributed by atoms with Crippen LogP contribution in [0.4, 0.5) is 0 Å². The fraction of sp³-hybridized carbons (Fsp3) is 0.638. The Morgan fingerprint density at radius 3 is 1.12 bits per heavy atom. The van der Waals surface area contributed by atoms with Gasteiger partial charge in [0.15, 0.2) is 0 Å². The summed E-state index contributed by atoms with van der Waals surface area (Å²) in [4.78, 5) is 90.0. The van der Waals surface area contributed by atoms with Gasteiger partial charge < -0.3 is 32.9 Å². The molecule has 0 spiro atoms. The highest BCUT2D eigenvalue weighted by Crippen LogP contribution is 2.38. The lowest BCUT2D eigenvalue weighted by Crippen LogP contribution is -2.54. The molecule has 0 aliphatic heterocycles. The number of nitrogens with zero attached hydrogens (tertiary/aromatic N) is 3. The topological polar surface area (TPSA) is 217 Å². The largest absolute Gasteiger partial charge is 0.524 e. The van der Waals surface area contributed by atoms with Crippen molar-refractivity contribution >= 4 is 37.7 Å². The molecule has 0 aliphatic carbocycles. The number of carbonyl (C=O) groups excluding carboxylic acids is 5. The molecule has 0 fully saturated rings. The van der Waals surface area contributed by atoms with Crippen molar-refractivity contribution in [2.45, 2.75) is 138 Å². The molecule has 0 heterocycles. The second-order valence-corrected chi connectivity index (χ2v) is 22.0. The summed E-state index contributed by atoms with van der Waals surface area (Å²) in [7, 11) is -4.73.